The third-order valence-electron chi connectivity index (χ3n) is 5.34. The number of ether oxygens (including phenoxy) is 1. The van der Waals surface area contributed by atoms with Crippen LogP contribution in [-0.2, 0) is 4.74 Å². The Bertz CT molecular complexity index is 267. The largest absolute Gasteiger partial charge is 0.366 e. The first-order chi connectivity index (χ1) is 8.26. The second-order valence-electron chi connectivity index (χ2n) is 6.65. The topological polar surface area (TPSA) is 21.3 Å². The van der Waals surface area contributed by atoms with Gasteiger partial charge in [0.25, 0.3) is 0 Å². The Kier molecular flexibility index (Phi) is 3.20. The van der Waals surface area contributed by atoms with E-state index in [4.69, 9.17) is 4.74 Å². The average Bonchev–Trinajstić information content (AvgIpc) is 2.73. The molecular weight excluding hydrogens is 210 g/mol. The maximum Gasteiger partial charge on any atom is 0.0817 e. The van der Waals surface area contributed by atoms with E-state index < -0.39 is 0 Å². The summed E-state index contributed by atoms with van der Waals surface area (Å²) in [5.41, 5.74) is 0.412. The summed E-state index contributed by atoms with van der Waals surface area (Å²) in [6.45, 7) is 4.53. The van der Waals surface area contributed by atoms with Gasteiger partial charge in [-0.1, -0.05) is 32.6 Å². The molecule has 2 nitrogen and oxygen atoms in total. The molecule has 0 aromatic rings. The van der Waals surface area contributed by atoms with E-state index in [1.807, 2.05) is 0 Å². The highest BCUT2D eigenvalue weighted by molar-refractivity contribution is 5.01. The molecule has 3 aliphatic rings. The molecule has 17 heavy (non-hydrogen) atoms. The predicted octanol–water partition coefficient (Wildman–Crippen LogP) is 3.26. The van der Waals surface area contributed by atoms with E-state index in [2.05, 4.69) is 12.2 Å². The zero-order valence-electron chi connectivity index (χ0n) is 11.3. The van der Waals surface area contributed by atoms with Gasteiger partial charge in [-0.05, 0) is 38.0 Å². The van der Waals surface area contributed by atoms with Gasteiger partial charge in [0.2, 0.25) is 0 Å². The minimum atomic E-state index is 0.205. The fourth-order valence-electron chi connectivity index (χ4n) is 4.32. The molecule has 1 heterocycles. The van der Waals surface area contributed by atoms with E-state index in [9.17, 15) is 0 Å². The number of hydrogen-bond donors (Lipinski definition) is 1. The number of hydrogen-bond acceptors (Lipinski definition) is 2. The molecule has 1 aliphatic heterocycles. The maximum absolute atomic E-state index is 6.73. The maximum atomic E-state index is 6.73. The van der Waals surface area contributed by atoms with Crippen LogP contribution >= 0.6 is 0 Å². The molecule has 0 radical (unpaired) electrons. The molecule has 3 rings (SSSR count). The third-order valence-corrected chi connectivity index (χ3v) is 5.34. The van der Waals surface area contributed by atoms with Crippen molar-refractivity contribution < 1.29 is 4.74 Å². The monoisotopic (exact) mass is 237 g/mol. The Balaban J connectivity index is 1.70. The third kappa shape index (κ3) is 2.26. The summed E-state index contributed by atoms with van der Waals surface area (Å²) >= 11 is 0. The van der Waals surface area contributed by atoms with Gasteiger partial charge in [0, 0.05) is 13.1 Å². The minimum Gasteiger partial charge on any atom is -0.366 e. The number of morpholine rings is 1. The lowest BCUT2D eigenvalue weighted by Crippen LogP contribution is -2.60. The first-order valence-corrected chi connectivity index (χ1v) is 7.67. The van der Waals surface area contributed by atoms with Crippen molar-refractivity contribution in [2.75, 3.05) is 13.1 Å². The van der Waals surface area contributed by atoms with Crippen molar-refractivity contribution >= 4 is 0 Å². The highest BCUT2D eigenvalue weighted by Gasteiger charge is 2.49. The summed E-state index contributed by atoms with van der Waals surface area (Å²) in [4.78, 5) is 0. The van der Waals surface area contributed by atoms with Gasteiger partial charge in [-0.2, -0.15) is 0 Å². The molecule has 1 N–H and O–H groups in total. The molecule has 0 bridgehead atoms. The smallest absolute Gasteiger partial charge is 0.0817 e. The van der Waals surface area contributed by atoms with Crippen LogP contribution in [0.1, 0.15) is 64.7 Å². The quantitative estimate of drug-likeness (QED) is 0.756. The first-order valence-electron chi connectivity index (χ1n) is 7.67. The van der Waals surface area contributed by atoms with Crippen molar-refractivity contribution in [2.24, 2.45) is 5.92 Å². The standard InChI is InChI=1S/C15H27NO/c1-2-13-6-9-15(10-13)12-16-11-14(17-15)7-4-3-5-8-14/h13,16H,2-12H2,1H3. The second kappa shape index (κ2) is 4.55. The van der Waals surface area contributed by atoms with Crippen molar-refractivity contribution in [1.82, 2.24) is 5.32 Å². The highest BCUT2D eigenvalue weighted by Crippen LogP contribution is 2.46. The summed E-state index contributed by atoms with van der Waals surface area (Å²) in [5, 5.41) is 3.70. The van der Waals surface area contributed by atoms with Gasteiger partial charge in [-0.3, -0.25) is 0 Å². The Labute approximate surface area is 105 Å². The van der Waals surface area contributed by atoms with Crippen LogP contribution in [0.15, 0.2) is 0 Å². The molecule has 3 fully saturated rings. The SMILES string of the molecule is CCC1CCC2(CNCC3(CCCCC3)O2)C1. The predicted molar refractivity (Wildman–Crippen MR) is 70.1 cm³/mol. The van der Waals surface area contributed by atoms with Gasteiger partial charge < -0.3 is 10.1 Å². The van der Waals surface area contributed by atoms with Crippen molar-refractivity contribution in [3.63, 3.8) is 0 Å². The van der Waals surface area contributed by atoms with E-state index in [0.717, 1.165) is 19.0 Å². The van der Waals surface area contributed by atoms with E-state index in [1.165, 1.54) is 57.8 Å². The first kappa shape index (κ1) is 12.0. The average molecular weight is 237 g/mol. The molecule has 0 amide bonds. The van der Waals surface area contributed by atoms with E-state index in [-0.39, 0.29) is 11.2 Å². The fourth-order valence-corrected chi connectivity index (χ4v) is 4.32. The molecule has 2 atom stereocenters. The van der Waals surface area contributed by atoms with Gasteiger partial charge in [-0.15, -0.1) is 0 Å². The van der Waals surface area contributed by atoms with Crippen LogP contribution in [0.2, 0.25) is 0 Å². The molecule has 2 spiro atoms. The van der Waals surface area contributed by atoms with Crippen LogP contribution < -0.4 is 5.32 Å². The van der Waals surface area contributed by atoms with E-state index in [1.54, 1.807) is 0 Å². The fraction of sp³-hybridized carbons (Fsp3) is 1.00. The zero-order valence-corrected chi connectivity index (χ0v) is 11.3. The highest BCUT2D eigenvalue weighted by atomic mass is 16.5. The molecule has 2 aliphatic carbocycles. The summed E-state index contributed by atoms with van der Waals surface area (Å²) < 4.78 is 6.73. The number of rotatable bonds is 1. The Morgan fingerprint density at radius 3 is 2.53 bits per heavy atom. The molecule has 2 unspecified atom stereocenters. The minimum absolute atomic E-state index is 0.205. The number of nitrogens with one attached hydrogen (secondary N) is 1. The molecular formula is C15H27NO. The Morgan fingerprint density at radius 2 is 1.82 bits per heavy atom. The zero-order chi connectivity index (χ0) is 11.8. The van der Waals surface area contributed by atoms with Crippen molar-refractivity contribution in [1.29, 1.82) is 0 Å². The molecule has 2 saturated carbocycles. The summed E-state index contributed by atoms with van der Waals surface area (Å²) in [5.74, 6) is 0.913. The molecule has 1 saturated heterocycles. The van der Waals surface area contributed by atoms with Gasteiger partial charge in [0.15, 0.2) is 0 Å². The molecule has 2 heteroatoms. The van der Waals surface area contributed by atoms with Crippen LogP contribution in [0.25, 0.3) is 0 Å². The summed E-state index contributed by atoms with van der Waals surface area (Å²) in [7, 11) is 0. The second-order valence-corrected chi connectivity index (χ2v) is 6.65. The lowest BCUT2D eigenvalue weighted by Gasteiger charge is -2.49. The van der Waals surface area contributed by atoms with Crippen LogP contribution in [0.3, 0.4) is 0 Å². The Hall–Kier alpha value is -0.0800. The normalized spacial score (nSPS) is 41.1. The summed E-state index contributed by atoms with van der Waals surface area (Å²) in [6.07, 6.45) is 12.0. The van der Waals surface area contributed by atoms with Crippen molar-refractivity contribution in [3.05, 3.63) is 0 Å². The lowest BCUT2D eigenvalue weighted by molar-refractivity contribution is -0.189. The van der Waals surface area contributed by atoms with E-state index in [0.29, 0.717) is 0 Å². The van der Waals surface area contributed by atoms with Crippen molar-refractivity contribution in [2.45, 2.75) is 75.9 Å². The van der Waals surface area contributed by atoms with Crippen LogP contribution in [-0.4, -0.2) is 24.3 Å². The molecule has 98 valence electrons. The lowest BCUT2D eigenvalue weighted by atomic mass is 9.81. The Morgan fingerprint density at radius 1 is 1.06 bits per heavy atom. The van der Waals surface area contributed by atoms with Crippen LogP contribution in [0.5, 0.6) is 0 Å². The van der Waals surface area contributed by atoms with Gasteiger partial charge in [0.05, 0.1) is 11.2 Å². The van der Waals surface area contributed by atoms with Gasteiger partial charge in [-0.25, -0.2) is 0 Å². The van der Waals surface area contributed by atoms with Crippen molar-refractivity contribution in [3.8, 4) is 0 Å². The van der Waals surface area contributed by atoms with Crippen LogP contribution in [0.4, 0.5) is 0 Å². The van der Waals surface area contributed by atoms with Gasteiger partial charge in [0.1, 0.15) is 0 Å². The summed E-state index contributed by atoms with van der Waals surface area (Å²) in [6, 6.07) is 0. The molecule has 0 aromatic carbocycles. The van der Waals surface area contributed by atoms with E-state index >= 15 is 0 Å². The van der Waals surface area contributed by atoms with Gasteiger partial charge >= 0.3 is 0 Å². The van der Waals surface area contributed by atoms with Crippen LogP contribution in [0, 0.1) is 5.92 Å². The molecule has 0 aromatic heterocycles.